The third-order valence-corrected chi connectivity index (χ3v) is 1.86. The van der Waals surface area contributed by atoms with Crippen molar-refractivity contribution >= 4 is 30.2 Å². The molecule has 0 radical (unpaired) electrons. The van der Waals surface area contributed by atoms with Crippen LogP contribution in [0.2, 0.25) is 5.02 Å². The normalized spacial score (nSPS) is 9.69. The van der Waals surface area contributed by atoms with Gasteiger partial charge in [0.25, 0.3) is 0 Å². The first-order valence-electron chi connectivity index (χ1n) is 3.42. The van der Waals surface area contributed by atoms with Crippen LogP contribution in [0.25, 0.3) is 0 Å². The maximum atomic E-state index is 10.2. The van der Waals surface area contributed by atoms with Gasteiger partial charge < -0.3 is 9.84 Å². The Bertz CT molecular complexity index is 327. The van der Waals surface area contributed by atoms with Crippen LogP contribution in [0.3, 0.4) is 0 Å². The molecule has 0 saturated carbocycles. The Balaban J connectivity index is 2.72. The van der Waals surface area contributed by atoms with E-state index < -0.39 is 5.97 Å². The van der Waals surface area contributed by atoms with Crippen LogP contribution in [0.4, 0.5) is 0 Å². The molecule has 0 bridgehead atoms. The predicted molar refractivity (Wildman–Crippen MR) is 51.8 cm³/mol. The molecule has 1 N–H and O–H groups in total. The topological polar surface area (TPSA) is 46.5 Å². The van der Waals surface area contributed by atoms with Gasteiger partial charge in [-0.25, -0.2) is 4.79 Å². The molecular weight excluding hydrogens is 212 g/mol. The van der Waals surface area contributed by atoms with Gasteiger partial charge in [-0.15, -0.1) is 12.6 Å². The van der Waals surface area contributed by atoms with Gasteiger partial charge >= 0.3 is 5.97 Å². The summed E-state index contributed by atoms with van der Waals surface area (Å²) in [5.41, 5.74) is 0. The first-order valence-corrected chi connectivity index (χ1v) is 4.25. The van der Waals surface area contributed by atoms with E-state index in [1.54, 1.807) is 18.2 Å². The molecule has 0 aliphatic heterocycles. The van der Waals surface area contributed by atoms with E-state index in [-0.39, 0.29) is 6.61 Å². The van der Waals surface area contributed by atoms with Crippen molar-refractivity contribution in [2.45, 2.75) is 4.90 Å². The summed E-state index contributed by atoms with van der Waals surface area (Å²) >= 11 is 9.73. The minimum atomic E-state index is -1.03. The van der Waals surface area contributed by atoms with Crippen molar-refractivity contribution in [3.8, 4) is 5.75 Å². The number of benzene rings is 1. The monoisotopic (exact) mass is 218 g/mol. The molecule has 70 valence electrons. The summed E-state index contributed by atoms with van der Waals surface area (Å²) in [6.07, 6.45) is 0. The van der Waals surface area contributed by atoms with Gasteiger partial charge in [0, 0.05) is 9.92 Å². The molecule has 0 saturated heterocycles. The lowest BCUT2D eigenvalue weighted by Gasteiger charge is -2.05. The number of ether oxygens (including phenoxy) is 1. The number of hydrogen-bond donors (Lipinski definition) is 2. The van der Waals surface area contributed by atoms with Gasteiger partial charge in [0.15, 0.2) is 6.61 Å². The maximum Gasteiger partial charge on any atom is 0.341 e. The molecule has 0 aromatic heterocycles. The summed E-state index contributed by atoms with van der Waals surface area (Å²) < 4.78 is 4.92. The highest BCUT2D eigenvalue weighted by Gasteiger charge is 2.03. The number of halogens is 1. The largest absolute Gasteiger partial charge is 0.481 e. The molecule has 0 unspecified atom stereocenters. The summed E-state index contributed by atoms with van der Waals surface area (Å²) in [5.74, 6) is -0.613. The van der Waals surface area contributed by atoms with Crippen molar-refractivity contribution in [1.82, 2.24) is 0 Å². The van der Waals surface area contributed by atoms with E-state index in [0.717, 1.165) is 0 Å². The summed E-state index contributed by atoms with van der Waals surface area (Å²) in [7, 11) is 0. The Kier molecular flexibility index (Phi) is 3.45. The molecular formula is C8H7ClO3S. The third-order valence-electron chi connectivity index (χ3n) is 1.27. The van der Waals surface area contributed by atoms with Crippen molar-refractivity contribution < 1.29 is 14.6 Å². The fourth-order valence-corrected chi connectivity index (χ4v) is 1.28. The lowest BCUT2D eigenvalue weighted by atomic mass is 10.3. The third kappa shape index (κ3) is 3.16. The average molecular weight is 219 g/mol. The number of aliphatic carboxylic acids is 1. The van der Waals surface area contributed by atoms with Crippen LogP contribution in [0, 0.1) is 0 Å². The second-order valence-electron chi connectivity index (χ2n) is 2.29. The molecule has 0 aliphatic rings. The standard InChI is InChI=1S/C8H7ClO3S/c9-5-1-2-6(7(13)3-5)12-4-8(10)11/h1-3,13H,4H2,(H,10,11). The van der Waals surface area contributed by atoms with E-state index in [1.165, 1.54) is 0 Å². The molecule has 5 heteroatoms. The first-order chi connectivity index (χ1) is 6.09. The molecule has 0 aliphatic carbocycles. The van der Waals surface area contributed by atoms with E-state index >= 15 is 0 Å². The second kappa shape index (κ2) is 4.39. The average Bonchev–Trinajstić information content (AvgIpc) is 2.02. The zero-order valence-corrected chi connectivity index (χ0v) is 8.18. The zero-order valence-electron chi connectivity index (χ0n) is 6.53. The van der Waals surface area contributed by atoms with Crippen LogP contribution in [0.15, 0.2) is 23.1 Å². The number of carboxylic acids is 1. The summed E-state index contributed by atoms with van der Waals surface area (Å²) in [6, 6.07) is 4.77. The van der Waals surface area contributed by atoms with Crippen molar-refractivity contribution in [3.63, 3.8) is 0 Å². The quantitative estimate of drug-likeness (QED) is 0.764. The number of carbonyl (C=O) groups is 1. The van der Waals surface area contributed by atoms with Crippen LogP contribution < -0.4 is 4.74 Å². The van der Waals surface area contributed by atoms with Crippen LogP contribution in [-0.4, -0.2) is 17.7 Å². The number of hydrogen-bond acceptors (Lipinski definition) is 3. The Morgan fingerprint density at radius 2 is 2.31 bits per heavy atom. The highest BCUT2D eigenvalue weighted by atomic mass is 35.5. The molecule has 13 heavy (non-hydrogen) atoms. The first kappa shape index (κ1) is 10.2. The smallest absolute Gasteiger partial charge is 0.341 e. The van der Waals surface area contributed by atoms with Gasteiger partial charge in [0.1, 0.15) is 5.75 Å². The minimum Gasteiger partial charge on any atom is -0.481 e. The number of rotatable bonds is 3. The molecule has 1 aromatic rings. The summed E-state index contributed by atoms with van der Waals surface area (Å²) in [4.78, 5) is 10.7. The Hall–Kier alpha value is -0.870. The van der Waals surface area contributed by atoms with E-state index in [0.29, 0.717) is 15.7 Å². The molecule has 0 heterocycles. The lowest BCUT2D eigenvalue weighted by molar-refractivity contribution is -0.139. The van der Waals surface area contributed by atoms with Gasteiger partial charge in [-0.2, -0.15) is 0 Å². The van der Waals surface area contributed by atoms with Crippen LogP contribution in [0.1, 0.15) is 0 Å². The van der Waals surface area contributed by atoms with Gasteiger partial charge in [-0.3, -0.25) is 0 Å². The number of carboxylic acid groups (broad SMARTS) is 1. The fourth-order valence-electron chi connectivity index (χ4n) is 0.752. The van der Waals surface area contributed by atoms with Crippen LogP contribution in [-0.2, 0) is 4.79 Å². The Labute approximate surface area is 85.7 Å². The van der Waals surface area contributed by atoms with Gasteiger partial charge in [0.05, 0.1) is 0 Å². The van der Waals surface area contributed by atoms with Gasteiger partial charge in [-0.1, -0.05) is 11.6 Å². The predicted octanol–water partition coefficient (Wildman–Crippen LogP) is 2.09. The van der Waals surface area contributed by atoms with Gasteiger partial charge in [0.2, 0.25) is 0 Å². The molecule has 0 amide bonds. The second-order valence-corrected chi connectivity index (χ2v) is 3.21. The molecule has 1 rings (SSSR count). The van der Waals surface area contributed by atoms with Crippen LogP contribution >= 0.6 is 24.2 Å². The molecule has 3 nitrogen and oxygen atoms in total. The molecule has 0 atom stereocenters. The van der Waals surface area contributed by atoms with E-state index in [2.05, 4.69) is 12.6 Å². The van der Waals surface area contributed by atoms with E-state index in [9.17, 15) is 4.79 Å². The molecule has 0 spiro atoms. The lowest BCUT2D eigenvalue weighted by Crippen LogP contribution is -2.09. The highest BCUT2D eigenvalue weighted by Crippen LogP contribution is 2.25. The van der Waals surface area contributed by atoms with Crippen LogP contribution in [0.5, 0.6) is 5.75 Å². The fraction of sp³-hybridized carbons (Fsp3) is 0.125. The van der Waals surface area contributed by atoms with Gasteiger partial charge in [-0.05, 0) is 18.2 Å². The highest BCUT2D eigenvalue weighted by molar-refractivity contribution is 7.80. The molecule has 1 aromatic carbocycles. The van der Waals surface area contributed by atoms with Crippen molar-refractivity contribution in [2.75, 3.05) is 6.61 Å². The molecule has 0 fully saturated rings. The van der Waals surface area contributed by atoms with Crippen molar-refractivity contribution in [3.05, 3.63) is 23.2 Å². The maximum absolute atomic E-state index is 10.2. The number of thiol groups is 1. The SMILES string of the molecule is O=C(O)COc1ccc(Cl)cc1S. The van der Waals surface area contributed by atoms with E-state index in [1.807, 2.05) is 0 Å². The Morgan fingerprint density at radius 3 is 2.85 bits per heavy atom. The van der Waals surface area contributed by atoms with Crippen molar-refractivity contribution in [2.24, 2.45) is 0 Å². The Morgan fingerprint density at radius 1 is 1.62 bits per heavy atom. The van der Waals surface area contributed by atoms with E-state index in [4.69, 9.17) is 21.4 Å². The summed E-state index contributed by atoms with van der Waals surface area (Å²) in [6.45, 7) is -0.380. The summed E-state index contributed by atoms with van der Waals surface area (Å²) in [5, 5.41) is 8.88. The zero-order chi connectivity index (χ0) is 9.84. The minimum absolute atomic E-state index is 0.380. The van der Waals surface area contributed by atoms with Crippen molar-refractivity contribution in [1.29, 1.82) is 0 Å².